The van der Waals surface area contributed by atoms with Gasteiger partial charge in [0, 0.05) is 16.5 Å². The molecular formula is C24H19N3O3. The number of carbonyl (C=O) groups is 1. The van der Waals surface area contributed by atoms with Crippen LogP contribution < -0.4 is 11.0 Å². The average molecular weight is 397 g/mol. The molecular weight excluding hydrogens is 378 g/mol. The Morgan fingerprint density at radius 3 is 2.47 bits per heavy atom. The van der Waals surface area contributed by atoms with Gasteiger partial charge in [0.05, 0.1) is 17.8 Å². The maximum Gasteiger partial charge on any atom is 0.299 e. The molecule has 0 radical (unpaired) electrons. The fourth-order valence-electron chi connectivity index (χ4n) is 3.44. The van der Waals surface area contributed by atoms with E-state index in [-0.39, 0.29) is 17.8 Å². The lowest BCUT2D eigenvalue weighted by molar-refractivity contribution is 0.0972. The SMILES string of the molecule is Cc1cccc(C(=O)Cn2c(=O)c(=NO)nc(-c3ccccc3)c3ccccc32)c1. The molecule has 148 valence electrons. The number of fused-ring (bicyclic) bond motifs is 1. The first-order valence-electron chi connectivity index (χ1n) is 9.46. The lowest BCUT2D eigenvalue weighted by Gasteiger charge is -2.08. The summed E-state index contributed by atoms with van der Waals surface area (Å²) >= 11 is 0. The molecule has 6 nitrogen and oxygen atoms in total. The number of Topliss-reactive ketones (excluding diaryl/α,β-unsaturated/α-hetero) is 1. The topological polar surface area (TPSA) is 84.5 Å². The third-order valence-electron chi connectivity index (χ3n) is 4.89. The molecule has 4 rings (SSSR count). The van der Waals surface area contributed by atoms with Gasteiger partial charge in [0.15, 0.2) is 5.78 Å². The lowest BCUT2D eigenvalue weighted by atomic mass is 10.1. The number of ketones is 1. The molecule has 0 aliphatic carbocycles. The van der Waals surface area contributed by atoms with Gasteiger partial charge in [-0.1, -0.05) is 77.4 Å². The largest absolute Gasteiger partial charge is 0.409 e. The molecule has 0 bridgehead atoms. The fourth-order valence-corrected chi connectivity index (χ4v) is 3.44. The number of carbonyl (C=O) groups excluding carboxylic acids is 1. The van der Waals surface area contributed by atoms with Crippen molar-refractivity contribution in [3.63, 3.8) is 0 Å². The summed E-state index contributed by atoms with van der Waals surface area (Å²) < 4.78 is 1.31. The number of hydrogen-bond acceptors (Lipinski definition) is 5. The minimum Gasteiger partial charge on any atom is -0.409 e. The van der Waals surface area contributed by atoms with Gasteiger partial charge in [-0.15, -0.1) is 0 Å². The molecule has 1 N–H and O–H groups in total. The molecule has 0 amide bonds. The van der Waals surface area contributed by atoms with Crippen LogP contribution in [0.25, 0.3) is 22.2 Å². The summed E-state index contributed by atoms with van der Waals surface area (Å²) in [5, 5.41) is 13.3. The predicted molar refractivity (Wildman–Crippen MR) is 114 cm³/mol. The number of nitrogens with zero attached hydrogens (tertiary/aromatic N) is 3. The highest BCUT2D eigenvalue weighted by atomic mass is 16.4. The number of para-hydroxylation sites is 1. The number of aromatic nitrogens is 2. The average Bonchev–Trinajstić information content (AvgIpc) is 2.89. The molecule has 0 aliphatic rings. The van der Waals surface area contributed by atoms with E-state index in [2.05, 4.69) is 10.1 Å². The van der Waals surface area contributed by atoms with Gasteiger partial charge in [-0.2, -0.15) is 0 Å². The molecule has 0 fully saturated rings. The molecule has 0 saturated heterocycles. The van der Waals surface area contributed by atoms with Crippen molar-refractivity contribution in [3.05, 3.63) is 106 Å². The van der Waals surface area contributed by atoms with Crippen LogP contribution in [0.1, 0.15) is 15.9 Å². The second-order valence-electron chi connectivity index (χ2n) is 6.95. The first-order chi connectivity index (χ1) is 14.6. The molecule has 0 spiro atoms. The smallest absolute Gasteiger partial charge is 0.299 e. The van der Waals surface area contributed by atoms with Crippen molar-refractivity contribution in [2.75, 3.05) is 0 Å². The molecule has 0 unspecified atom stereocenters. The molecule has 0 atom stereocenters. The fraction of sp³-hybridized carbons (Fsp3) is 0.0833. The van der Waals surface area contributed by atoms with Crippen molar-refractivity contribution < 1.29 is 10.0 Å². The van der Waals surface area contributed by atoms with Crippen molar-refractivity contribution in [2.24, 2.45) is 5.16 Å². The van der Waals surface area contributed by atoms with Gasteiger partial charge in [0.25, 0.3) is 11.0 Å². The van der Waals surface area contributed by atoms with Crippen molar-refractivity contribution in [2.45, 2.75) is 13.5 Å². The Balaban J connectivity index is 2.00. The van der Waals surface area contributed by atoms with Crippen LogP contribution in [0, 0.1) is 6.92 Å². The quantitative estimate of drug-likeness (QED) is 0.324. The van der Waals surface area contributed by atoms with Crippen molar-refractivity contribution in [1.29, 1.82) is 0 Å². The van der Waals surface area contributed by atoms with E-state index >= 15 is 0 Å². The number of aryl methyl sites for hydroxylation is 1. The van der Waals surface area contributed by atoms with E-state index in [9.17, 15) is 14.8 Å². The lowest BCUT2D eigenvalue weighted by Crippen LogP contribution is -2.36. The molecule has 3 aromatic carbocycles. The van der Waals surface area contributed by atoms with E-state index in [1.165, 1.54) is 4.57 Å². The number of rotatable bonds is 4. The zero-order valence-corrected chi connectivity index (χ0v) is 16.3. The summed E-state index contributed by atoms with van der Waals surface area (Å²) in [6.45, 7) is 1.70. The van der Waals surface area contributed by atoms with Gasteiger partial charge in [-0.3, -0.25) is 14.2 Å². The highest BCUT2D eigenvalue weighted by Crippen LogP contribution is 2.24. The van der Waals surface area contributed by atoms with Gasteiger partial charge in [0.1, 0.15) is 0 Å². The van der Waals surface area contributed by atoms with Crippen LogP contribution in [0.3, 0.4) is 0 Å². The van der Waals surface area contributed by atoms with Gasteiger partial charge >= 0.3 is 0 Å². The van der Waals surface area contributed by atoms with E-state index in [4.69, 9.17) is 0 Å². The zero-order valence-electron chi connectivity index (χ0n) is 16.3. The summed E-state index contributed by atoms with van der Waals surface area (Å²) in [6, 6.07) is 23.8. The minimum absolute atomic E-state index is 0.199. The highest BCUT2D eigenvalue weighted by Gasteiger charge is 2.15. The summed E-state index contributed by atoms with van der Waals surface area (Å²) in [5.41, 5.74) is 2.25. The first kappa shape index (κ1) is 19.3. The van der Waals surface area contributed by atoms with E-state index in [0.717, 1.165) is 11.1 Å². The third kappa shape index (κ3) is 3.63. The Morgan fingerprint density at radius 2 is 1.73 bits per heavy atom. The number of benzene rings is 3. The molecule has 4 aromatic rings. The van der Waals surface area contributed by atoms with Crippen molar-refractivity contribution in [3.8, 4) is 11.3 Å². The van der Waals surface area contributed by atoms with E-state index in [1.54, 1.807) is 30.3 Å². The van der Waals surface area contributed by atoms with E-state index in [0.29, 0.717) is 22.2 Å². The predicted octanol–water partition coefficient (Wildman–Crippen LogP) is 3.54. The summed E-state index contributed by atoms with van der Waals surface area (Å²) in [6.07, 6.45) is 0. The number of hydrogen-bond donors (Lipinski definition) is 1. The standard InChI is InChI=1S/C24H19N3O3/c1-16-8-7-11-18(14-16)21(28)15-27-20-13-6-5-12-19(20)22(17-9-3-2-4-10-17)25-23(26-30)24(27)29/h2-14,30H,15H2,1H3. The normalized spacial score (nSPS) is 11.6. The van der Waals surface area contributed by atoms with Crippen LogP contribution in [0.4, 0.5) is 0 Å². The van der Waals surface area contributed by atoms with Crippen LogP contribution in [0.2, 0.25) is 0 Å². The maximum atomic E-state index is 13.1. The van der Waals surface area contributed by atoms with E-state index in [1.807, 2.05) is 55.5 Å². The van der Waals surface area contributed by atoms with Crippen LogP contribution >= 0.6 is 0 Å². The third-order valence-corrected chi connectivity index (χ3v) is 4.89. The van der Waals surface area contributed by atoms with E-state index < -0.39 is 5.56 Å². The molecule has 0 aliphatic heterocycles. The zero-order chi connectivity index (χ0) is 21.1. The Labute approximate surface area is 172 Å². The molecule has 1 aromatic heterocycles. The summed E-state index contributed by atoms with van der Waals surface area (Å²) in [5.74, 6) is -0.220. The first-order valence-corrected chi connectivity index (χ1v) is 9.46. The second kappa shape index (κ2) is 8.13. The van der Waals surface area contributed by atoms with Gasteiger partial charge in [0.2, 0.25) is 0 Å². The Kier molecular flexibility index (Phi) is 5.22. The summed E-state index contributed by atoms with van der Waals surface area (Å²) in [7, 11) is 0. The van der Waals surface area contributed by atoms with Crippen LogP contribution in [0.5, 0.6) is 0 Å². The molecule has 0 saturated carbocycles. The maximum absolute atomic E-state index is 13.1. The van der Waals surface area contributed by atoms with Crippen molar-refractivity contribution in [1.82, 2.24) is 9.55 Å². The van der Waals surface area contributed by atoms with Gasteiger partial charge < -0.3 is 5.21 Å². The van der Waals surface area contributed by atoms with Crippen LogP contribution in [-0.2, 0) is 6.54 Å². The van der Waals surface area contributed by atoms with Gasteiger partial charge in [-0.25, -0.2) is 4.98 Å². The monoisotopic (exact) mass is 397 g/mol. The summed E-state index contributed by atoms with van der Waals surface area (Å²) in [4.78, 5) is 30.4. The minimum atomic E-state index is -0.642. The molecule has 6 heteroatoms. The van der Waals surface area contributed by atoms with Gasteiger partial charge in [-0.05, 0) is 19.1 Å². The van der Waals surface area contributed by atoms with Crippen molar-refractivity contribution >= 4 is 16.7 Å². The Bertz CT molecular complexity index is 1380. The Morgan fingerprint density at radius 1 is 1.00 bits per heavy atom. The van der Waals surface area contributed by atoms with Crippen LogP contribution in [-0.4, -0.2) is 20.5 Å². The second-order valence-corrected chi connectivity index (χ2v) is 6.95. The Hall–Kier alpha value is -4.06. The molecule has 30 heavy (non-hydrogen) atoms. The molecule has 1 heterocycles. The van der Waals surface area contributed by atoms with Crippen LogP contribution in [0.15, 0.2) is 88.8 Å². The highest BCUT2D eigenvalue weighted by molar-refractivity contribution is 5.98.